The van der Waals surface area contributed by atoms with Crippen LogP contribution in [-0.2, 0) is 9.59 Å². The van der Waals surface area contributed by atoms with Crippen molar-refractivity contribution in [3.63, 3.8) is 0 Å². The molecule has 0 unspecified atom stereocenters. The number of methoxy groups -OCH3 is 1. The second-order valence-corrected chi connectivity index (χ2v) is 5.50. The van der Waals surface area contributed by atoms with Gasteiger partial charge in [0, 0.05) is 18.7 Å². The summed E-state index contributed by atoms with van der Waals surface area (Å²) in [5, 5.41) is 13.7. The van der Waals surface area contributed by atoms with Gasteiger partial charge in [0.1, 0.15) is 10.8 Å². The van der Waals surface area contributed by atoms with Gasteiger partial charge < -0.3 is 15.4 Å². The molecule has 0 radical (unpaired) electrons. The number of carbonyl (C=O) groups excluding carboxylic acids is 2. The highest BCUT2D eigenvalue weighted by Crippen LogP contribution is 2.19. The Kier molecular flexibility index (Phi) is 5.93. The normalized spacial score (nSPS) is 10.0. The third-order valence-corrected chi connectivity index (χ3v) is 3.57. The summed E-state index contributed by atoms with van der Waals surface area (Å²) < 4.78 is 5.10. The molecule has 1 aromatic heterocycles. The first kappa shape index (κ1) is 16.8. The van der Waals surface area contributed by atoms with E-state index in [1.165, 1.54) is 18.7 Å². The smallest absolute Gasteiger partial charge is 0.234 e. The van der Waals surface area contributed by atoms with Crippen molar-refractivity contribution in [3.05, 3.63) is 36.4 Å². The Labute approximate surface area is 137 Å². The SMILES string of the molecule is COc1cccc(NC(=O)CSc2ccc(NC(C)=O)nn2)c1. The van der Waals surface area contributed by atoms with E-state index in [1.807, 2.05) is 0 Å². The zero-order valence-electron chi connectivity index (χ0n) is 12.7. The summed E-state index contributed by atoms with van der Waals surface area (Å²) in [7, 11) is 1.57. The second kappa shape index (κ2) is 8.14. The first-order valence-corrected chi connectivity index (χ1v) is 7.73. The number of thioether (sulfide) groups is 1. The Morgan fingerprint density at radius 2 is 2.00 bits per heavy atom. The van der Waals surface area contributed by atoms with Gasteiger partial charge in [-0.3, -0.25) is 9.59 Å². The molecule has 23 heavy (non-hydrogen) atoms. The van der Waals surface area contributed by atoms with Crippen molar-refractivity contribution >= 4 is 35.1 Å². The quantitative estimate of drug-likeness (QED) is 0.788. The van der Waals surface area contributed by atoms with Crippen LogP contribution in [0.5, 0.6) is 5.75 Å². The summed E-state index contributed by atoms with van der Waals surface area (Å²) in [6, 6.07) is 10.5. The molecule has 0 aliphatic rings. The molecule has 0 aliphatic carbocycles. The number of nitrogens with zero attached hydrogens (tertiary/aromatic N) is 2. The number of hydrogen-bond acceptors (Lipinski definition) is 6. The average molecular weight is 332 g/mol. The Bertz CT molecular complexity index is 691. The minimum absolute atomic E-state index is 0.156. The summed E-state index contributed by atoms with van der Waals surface area (Å²) in [5.41, 5.74) is 0.669. The van der Waals surface area contributed by atoms with E-state index >= 15 is 0 Å². The van der Waals surface area contributed by atoms with Crippen molar-refractivity contribution in [2.75, 3.05) is 23.5 Å². The van der Waals surface area contributed by atoms with Crippen LogP contribution in [0.3, 0.4) is 0 Å². The molecular weight excluding hydrogens is 316 g/mol. The van der Waals surface area contributed by atoms with E-state index in [-0.39, 0.29) is 17.6 Å². The highest BCUT2D eigenvalue weighted by Gasteiger charge is 2.06. The number of hydrogen-bond donors (Lipinski definition) is 2. The molecule has 0 atom stereocenters. The molecule has 2 rings (SSSR count). The molecule has 0 saturated carbocycles. The first-order valence-electron chi connectivity index (χ1n) is 6.75. The van der Waals surface area contributed by atoms with Gasteiger partial charge in [0.2, 0.25) is 11.8 Å². The van der Waals surface area contributed by atoms with Crippen LogP contribution in [0.2, 0.25) is 0 Å². The van der Waals surface area contributed by atoms with Crippen molar-refractivity contribution in [3.8, 4) is 5.75 Å². The zero-order chi connectivity index (χ0) is 16.7. The summed E-state index contributed by atoms with van der Waals surface area (Å²) >= 11 is 1.26. The van der Waals surface area contributed by atoms with Crippen LogP contribution in [0.25, 0.3) is 0 Å². The molecule has 2 amide bonds. The lowest BCUT2D eigenvalue weighted by Gasteiger charge is -2.06. The van der Waals surface area contributed by atoms with Crippen molar-refractivity contribution in [2.24, 2.45) is 0 Å². The van der Waals surface area contributed by atoms with Gasteiger partial charge in [-0.15, -0.1) is 10.2 Å². The average Bonchev–Trinajstić information content (AvgIpc) is 2.54. The number of anilines is 2. The fourth-order valence-electron chi connectivity index (χ4n) is 1.68. The number of carbonyl (C=O) groups is 2. The highest BCUT2D eigenvalue weighted by atomic mass is 32.2. The molecule has 2 aromatic rings. The predicted octanol–water partition coefficient (Wildman–Crippen LogP) is 2.17. The van der Waals surface area contributed by atoms with Crippen LogP contribution in [0.4, 0.5) is 11.5 Å². The molecule has 0 spiro atoms. The molecule has 2 N–H and O–H groups in total. The third kappa shape index (κ3) is 5.59. The van der Waals surface area contributed by atoms with E-state index in [0.717, 1.165) is 0 Å². The van der Waals surface area contributed by atoms with E-state index in [2.05, 4.69) is 20.8 Å². The summed E-state index contributed by atoms with van der Waals surface area (Å²) in [6.07, 6.45) is 0. The number of ether oxygens (including phenoxy) is 1. The maximum atomic E-state index is 11.9. The van der Waals surface area contributed by atoms with Crippen molar-refractivity contribution in [1.82, 2.24) is 10.2 Å². The molecule has 0 saturated heterocycles. The summed E-state index contributed by atoms with van der Waals surface area (Å²) in [6.45, 7) is 1.40. The lowest BCUT2D eigenvalue weighted by atomic mass is 10.3. The standard InChI is InChI=1S/C15H16N4O3S/c1-10(20)16-13-6-7-15(19-18-13)23-9-14(21)17-11-4-3-5-12(8-11)22-2/h3-8H,9H2,1-2H3,(H,17,21)(H,16,18,20). The zero-order valence-corrected chi connectivity index (χ0v) is 13.5. The molecule has 0 aliphatic heterocycles. The molecule has 8 heteroatoms. The minimum atomic E-state index is -0.211. The third-order valence-electron chi connectivity index (χ3n) is 2.65. The van der Waals surface area contributed by atoms with Crippen molar-refractivity contribution in [1.29, 1.82) is 0 Å². The van der Waals surface area contributed by atoms with Crippen LogP contribution < -0.4 is 15.4 Å². The number of rotatable bonds is 6. The van der Waals surface area contributed by atoms with Crippen molar-refractivity contribution < 1.29 is 14.3 Å². The van der Waals surface area contributed by atoms with E-state index < -0.39 is 0 Å². The Hall–Kier alpha value is -2.61. The lowest BCUT2D eigenvalue weighted by Crippen LogP contribution is -2.14. The monoisotopic (exact) mass is 332 g/mol. The molecule has 1 heterocycles. The molecule has 1 aromatic carbocycles. The van der Waals surface area contributed by atoms with E-state index in [4.69, 9.17) is 4.74 Å². The Morgan fingerprint density at radius 3 is 2.65 bits per heavy atom. The van der Waals surface area contributed by atoms with Crippen LogP contribution >= 0.6 is 11.8 Å². The fraction of sp³-hybridized carbons (Fsp3) is 0.200. The Morgan fingerprint density at radius 1 is 1.17 bits per heavy atom. The maximum absolute atomic E-state index is 11.9. The molecule has 7 nitrogen and oxygen atoms in total. The first-order chi connectivity index (χ1) is 11.1. The van der Waals surface area contributed by atoms with E-state index in [0.29, 0.717) is 22.3 Å². The summed E-state index contributed by atoms with van der Waals surface area (Å²) in [5.74, 6) is 0.886. The number of aromatic nitrogens is 2. The van der Waals surface area contributed by atoms with Crippen LogP contribution in [-0.4, -0.2) is 34.9 Å². The van der Waals surface area contributed by atoms with Gasteiger partial charge in [0.05, 0.1) is 12.9 Å². The van der Waals surface area contributed by atoms with Crippen LogP contribution in [0.1, 0.15) is 6.92 Å². The molecule has 0 bridgehead atoms. The van der Waals surface area contributed by atoms with Crippen molar-refractivity contribution in [2.45, 2.75) is 11.9 Å². The van der Waals surface area contributed by atoms with Gasteiger partial charge >= 0.3 is 0 Å². The second-order valence-electron chi connectivity index (χ2n) is 4.51. The van der Waals surface area contributed by atoms with Crippen LogP contribution in [0.15, 0.2) is 41.4 Å². The fourth-order valence-corrected chi connectivity index (χ4v) is 2.30. The predicted molar refractivity (Wildman–Crippen MR) is 88.7 cm³/mol. The van der Waals surface area contributed by atoms with Gasteiger partial charge in [-0.05, 0) is 24.3 Å². The van der Waals surface area contributed by atoms with Crippen LogP contribution in [0, 0.1) is 0 Å². The highest BCUT2D eigenvalue weighted by molar-refractivity contribution is 7.99. The summed E-state index contributed by atoms with van der Waals surface area (Å²) in [4.78, 5) is 22.8. The molecule has 120 valence electrons. The van der Waals surface area contributed by atoms with Gasteiger partial charge in [0.15, 0.2) is 5.82 Å². The van der Waals surface area contributed by atoms with Gasteiger partial charge in [0.25, 0.3) is 0 Å². The van der Waals surface area contributed by atoms with Gasteiger partial charge in [-0.2, -0.15) is 0 Å². The molecular formula is C15H16N4O3S. The molecule has 0 fully saturated rings. The lowest BCUT2D eigenvalue weighted by molar-refractivity contribution is -0.114. The number of benzene rings is 1. The minimum Gasteiger partial charge on any atom is -0.497 e. The largest absolute Gasteiger partial charge is 0.497 e. The Balaban J connectivity index is 1.85. The van der Waals surface area contributed by atoms with E-state index in [9.17, 15) is 9.59 Å². The van der Waals surface area contributed by atoms with Gasteiger partial charge in [-0.25, -0.2) is 0 Å². The number of nitrogens with one attached hydrogen (secondary N) is 2. The van der Waals surface area contributed by atoms with Gasteiger partial charge in [-0.1, -0.05) is 17.8 Å². The number of amides is 2. The maximum Gasteiger partial charge on any atom is 0.234 e. The topological polar surface area (TPSA) is 93.2 Å². The van der Waals surface area contributed by atoms with E-state index in [1.54, 1.807) is 43.5 Å².